The van der Waals surface area contributed by atoms with Crippen LogP contribution < -0.4 is 0 Å². The lowest BCUT2D eigenvalue weighted by Crippen LogP contribution is -2.10. The highest BCUT2D eigenvalue weighted by Gasteiger charge is 2.14. The summed E-state index contributed by atoms with van der Waals surface area (Å²) in [5, 5.41) is 11.5. The van der Waals surface area contributed by atoms with Crippen molar-refractivity contribution < 1.29 is 14.6 Å². The number of carbonyl (C=O) groups is 1. The standard InChI is InChI=1S/C11H16O3S/c1-2-3-6-14-11(13)8-9(12)10-5-4-7-15-10/h4-5,7,9,12H,2-3,6,8H2,1H3. The predicted octanol–water partition coefficient (Wildman–Crippen LogP) is 2.51. The molecule has 1 aromatic heterocycles. The Morgan fingerprint density at radius 1 is 1.67 bits per heavy atom. The first-order valence-electron chi connectivity index (χ1n) is 5.11. The number of unbranched alkanes of at least 4 members (excludes halogenated alkanes) is 1. The van der Waals surface area contributed by atoms with Crippen LogP contribution in [-0.2, 0) is 9.53 Å². The molecule has 1 N–H and O–H groups in total. The van der Waals surface area contributed by atoms with Crippen LogP contribution in [0.5, 0.6) is 0 Å². The smallest absolute Gasteiger partial charge is 0.308 e. The van der Waals surface area contributed by atoms with Crippen molar-refractivity contribution in [3.8, 4) is 0 Å². The Bertz CT molecular complexity index is 282. The minimum absolute atomic E-state index is 0.0459. The normalized spacial score (nSPS) is 12.4. The molecular formula is C11H16O3S. The molecule has 0 amide bonds. The second-order valence-electron chi connectivity index (χ2n) is 3.31. The summed E-state index contributed by atoms with van der Waals surface area (Å²) in [5.74, 6) is -0.329. The summed E-state index contributed by atoms with van der Waals surface area (Å²) in [4.78, 5) is 12.1. The van der Waals surface area contributed by atoms with E-state index in [9.17, 15) is 9.90 Å². The quantitative estimate of drug-likeness (QED) is 0.601. The van der Waals surface area contributed by atoms with Gasteiger partial charge in [-0.2, -0.15) is 0 Å². The molecule has 0 aliphatic rings. The summed E-state index contributed by atoms with van der Waals surface area (Å²) < 4.78 is 4.96. The molecule has 1 heterocycles. The van der Waals surface area contributed by atoms with Crippen molar-refractivity contribution in [2.45, 2.75) is 32.3 Å². The van der Waals surface area contributed by atoms with E-state index in [0.717, 1.165) is 17.7 Å². The molecule has 0 aliphatic carbocycles. The lowest BCUT2D eigenvalue weighted by atomic mass is 10.2. The number of hydrogen-bond acceptors (Lipinski definition) is 4. The zero-order valence-electron chi connectivity index (χ0n) is 8.81. The van der Waals surface area contributed by atoms with Gasteiger partial charge in [-0.15, -0.1) is 11.3 Å². The molecule has 84 valence electrons. The summed E-state index contributed by atoms with van der Waals surface area (Å²) >= 11 is 1.44. The number of thiophene rings is 1. The molecule has 0 saturated carbocycles. The summed E-state index contributed by atoms with van der Waals surface area (Å²) in [6, 6.07) is 3.67. The lowest BCUT2D eigenvalue weighted by molar-refractivity contribution is -0.146. The molecule has 0 radical (unpaired) electrons. The molecule has 15 heavy (non-hydrogen) atoms. The zero-order valence-corrected chi connectivity index (χ0v) is 9.63. The highest BCUT2D eigenvalue weighted by Crippen LogP contribution is 2.21. The van der Waals surface area contributed by atoms with Gasteiger partial charge in [0.05, 0.1) is 19.1 Å². The van der Waals surface area contributed by atoms with Crippen LogP contribution in [0, 0.1) is 0 Å². The number of aliphatic hydroxyl groups is 1. The second kappa shape index (κ2) is 6.58. The highest BCUT2D eigenvalue weighted by molar-refractivity contribution is 7.10. The largest absolute Gasteiger partial charge is 0.466 e. The van der Waals surface area contributed by atoms with Gasteiger partial charge in [0.15, 0.2) is 0 Å². The lowest BCUT2D eigenvalue weighted by Gasteiger charge is -2.08. The van der Waals surface area contributed by atoms with Crippen molar-refractivity contribution in [3.05, 3.63) is 22.4 Å². The zero-order chi connectivity index (χ0) is 11.1. The third kappa shape index (κ3) is 4.44. The van der Waals surface area contributed by atoms with Crippen molar-refractivity contribution in [1.82, 2.24) is 0 Å². The third-order valence-corrected chi connectivity index (χ3v) is 2.97. The van der Waals surface area contributed by atoms with Crippen molar-refractivity contribution >= 4 is 17.3 Å². The second-order valence-corrected chi connectivity index (χ2v) is 4.29. The van der Waals surface area contributed by atoms with Gasteiger partial charge in [0.25, 0.3) is 0 Å². The molecule has 1 aromatic rings. The molecule has 0 saturated heterocycles. The molecule has 0 aliphatic heterocycles. The number of rotatable bonds is 6. The first-order chi connectivity index (χ1) is 7.24. The van der Waals surface area contributed by atoms with Gasteiger partial charge >= 0.3 is 5.97 Å². The van der Waals surface area contributed by atoms with Gasteiger partial charge in [0.2, 0.25) is 0 Å². The first kappa shape index (κ1) is 12.2. The Morgan fingerprint density at radius 3 is 3.07 bits per heavy atom. The van der Waals surface area contributed by atoms with Crippen LogP contribution in [-0.4, -0.2) is 17.7 Å². The highest BCUT2D eigenvalue weighted by atomic mass is 32.1. The van der Waals surface area contributed by atoms with E-state index >= 15 is 0 Å². The fraction of sp³-hybridized carbons (Fsp3) is 0.545. The van der Waals surface area contributed by atoms with Gasteiger partial charge in [-0.1, -0.05) is 19.4 Å². The average molecular weight is 228 g/mol. The molecule has 1 unspecified atom stereocenters. The molecule has 1 atom stereocenters. The van der Waals surface area contributed by atoms with E-state index < -0.39 is 6.10 Å². The Morgan fingerprint density at radius 2 is 2.47 bits per heavy atom. The number of ether oxygens (including phenoxy) is 1. The van der Waals surface area contributed by atoms with Crippen molar-refractivity contribution in [3.63, 3.8) is 0 Å². The minimum Gasteiger partial charge on any atom is -0.466 e. The van der Waals surface area contributed by atoms with Crippen LogP contribution in [0.3, 0.4) is 0 Å². The third-order valence-electron chi connectivity index (χ3n) is 1.99. The van der Waals surface area contributed by atoms with Gasteiger partial charge in [0.1, 0.15) is 0 Å². The number of carbonyl (C=O) groups excluding carboxylic acids is 1. The maximum atomic E-state index is 11.2. The maximum absolute atomic E-state index is 11.2. The fourth-order valence-electron chi connectivity index (χ4n) is 1.13. The van der Waals surface area contributed by atoms with Gasteiger partial charge in [-0.25, -0.2) is 0 Å². The Hall–Kier alpha value is -0.870. The molecular weight excluding hydrogens is 212 g/mol. The van der Waals surface area contributed by atoms with Crippen molar-refractivity contribution in [2.75, 3.05) is 6.61 Å². The monoisotopic (exact) mass is 228 g/mol. The Labute approximate surface area is 93.7 Å². The van der Waals surface area contributed by atoms with E-state index in [-0.39, 0.29) is 12.4 Å². The summed E-state index contributed by atoms with van der Waals surface area (Å²) in [6.07, 6.45) is 1.20. The SMILES string of the molecule is CCCCOC(=O)CC(O)c1cccs1. The van der Waals surface area contributed by atoms with Gasteiger partial charge in [-0.05, 0) is 17.9 Å². The van der Waals surface area contributed by atoms with Crippen LogP contribution in [0.4, 0.5) is 0 Å². The Kier molecular flexibility index (Phi) is 5.36. The molecule has 3 nitrogen and oxygen atoms in total. The molecule has 0 bridgehead atoms. The van der Waals surface area contributed by atoms with Crippen LogP contribution in [0.2, 0.25) is 0 Å². The summed E-state index contributed by atoms with van der Waals surface area (Å²) in [5.41, 5.74) is 0. The minimum atomic E-state index is -0.723. The van der Waals surface area contributed by atoms with E-state index in [4.69, 9.17) is 4.74 Å². The van der Waals surface area contributed by atoms with E-state index in [1.807, 2.05) is 24.4 Å². The molecule has 0 aromatic carbocycles. The van der Waals surface area contributed by atoms with E-state index in [1.54, 1.807) is 0 Å². The van der Waals surface area contributed by atoms with Crippen LogP contribution in [0.15, 0.2) is 17.5 Å². The van der Waals surface area contributed by atoms with Crippen LogP contribution >= 0.6 is 11.3 Å². The molecule has 0 spiro atoms. The van der Waals surface area contributed by atoms with E-state index in [0.29, 0.717) is 6.61 Å². The van der Waals surface area contributed by atoms with Crippen molar-refractivity contribution in [1.29, 1.82) is 0 Å². The topological polar surface area (TPSA) is 46.5 Å². The summed E-state index contributed by atoms with van der Waals surface area (Å²) in [7, 11) is 0. The van der Waals surface area contributed by atoms with Gasteiger partial charge < -0.3 is 9.84 Å². The first-order valence-corrected chi connectivity index (χ1v) is 5.99. The molecule has 1 rings (SSSR count). The number of aliphatic hydroxyl groups excluding tert-OH is 1. The van der Waals surface area contributed by atoms with Gasteiger partial charge in [0, 0.05) is 4.88 Å². The Balaban J connectivity index is 2.26. The van der Waals surface area contributed by atoms with E-state index in [2.05, 4.69) is 0 Å². The number of esters is 1. The van der Waals surface area contributed by atoms with E-state index in [1.165, 1.54) is 11.3 Å². The molecule has 0 fully saturated rings. The van der Waals surface area contributed by atoms with Crippen molar-refractivity contribution in [2.24, 2.45) is 0 Å². The van der Waals surface area contributed by atoms with Gasteiger partial charge in [-0.3, -0.25) is 4.79 Å². The summed E-state index contributed by atoms with van der Waals surface area (Å²) in [6.45, 7) is 2.49. The molecule has 4 heteroatoms. The average Bonchev–Trinajstić information content (AvgIpc) is 2.70. The maximum Gasteiger partial charge on any atom is 0.308 e. The number of hydrogen-bond donors (Lipinski definition) is 1. The predicted molar refractivity (Wildman–Crippen MR) is 59.8 cm³/mol. The van der Waals surface area contributed by atoms with Crippen LogP contribution in [0.1, 0.15) is 37.2 Å². The fourth-order valence-corrected chi connectivity index (χ4v) is 1.84. The van der Waals surface area contributed by atoms with Crippen LogP contribution in [0.25, 0.3) is 0 Å².